The van der Waals surface area contributed by atoms with Crippen LogP contribution >= 0.6 is 0 Å². The van der Waals surface area contributed by atoms with E-state index in [9.17, 15) is 14.7 Å². The highest BCUT2D eigenvalue weighted by Gasteiger charge is 2.31. The first-order chi connectivity index (χ1) is 10.5. The third kappa shape index (κ3) is 3.36. The monoisotopic (exact) mass is 301 g/mol. The Morgan fingerprint density at radius 2 is 1.95 bits per heavy atom. The summed E-state index contributed by atoms with van der Waals surface area (Å²) in [5, 5.41) is 14.0. The molecule has 1 aliphatic carbocycles. The maximum atomic E-state index is 12.1. The van der Waals surface area contributed by atoms with Gasteiger partial charge in [0.15, 0.2) is 0 Å². The van der Waals surface area contributed by atoms with Gasteiger partial charge in [0.2, 0.25) is 5.91 Å². The maximum absolute atomic E-state index is 12.1. The highest BCUT2D eigenvalue weighted by Crippen LogP contribution is 2.31. The molecule has 0 radical (unpaired) electrons. The molecule has 22 heavy (non-hydrogen) atoms. The van der Waals surface area contributed by atoms with Crippen molar-refractivity contribution in [1.82, 2.24) is 0 Å². The molecule has 0 atom stereocenters. The molecule has 1 heterocycles. The van der Waals surface area contributed by atoms with Gasteiger partial charge in [-0.25, -0.2) is 4.79 Å². The van der Waals surface area contributed by atoms with Gasteiger partial charge in [0.1, 0.15) is 5.58 Å². The van der Waals surface area contributed by atoms with E-state index < -0.39 is 11.2 Å². The highest BCUT2D eigenvalue weighted by atomic mass is 16.4. The van der Waals surface area contributed by atoms with Crippen molar-refractivity contribution in [3.8, 4) is 0 Å². The fourth-order valence-electron chi connectivity index (χ4n) is 3.04. The van der Waals surface area contributed by atoms with Crippen LogP contribution in [0.15, 0.2) is 39.5 Å². The van der Waals surface area contributed by atoms with Crippen LogP contribution in [0.4, 0.5) is 5.69 Å². The van der Waals surface area contributed by atoms with E-state index in [-0.39, 0.29) is 12.3 Å². The predicted octanol–water partition coefficient (Wildman–Crippen LogP) is 2.82. The van der Waals surface area contributed by atoms with Crippen LogP contribution in [-0.4, -0.2) is 16.6 Å². The molecule has 1 aromatic heterocycles. The molecule has 0 aliphatic heterocycles. The number of aliphatic hydroxyl groups is 1. The van der Waals surface area contributed by atoms with E-state index >= 15 is 0 Å². The van der Waals surface area contributed by atoms with Gasteiger partial charge in [0.25, 0.3) is 0 Å². The summed E-state index contributed by atoms with van der Waals surface area (Å²) in [5.74, 6) is -0.193. The summed E-state index contributed by atoms with van der Waals surface area (Å²) < 4.78 is 5.05. The molecule has 0 bridgehead atoms. The number of rotatable bonds is 3. The number of nitrogens with one attached hydrogen (secondary N) is 1. The summed E-state index contributed by atoms with van der Waals surface area (Å²) in [5.41, 5.74) is -0.155. The first-order valence-electron chi connectivity index (χ1n) is 7.60. The molecule has 2 N–H and O–H groups in total. The molecule has 2 aromatic rings. The lowest BCUT2D eigenvalue weighted by atomic mass is 9.82. The topological polar surface area (TPSA) is 79.5 Å². The molecule has 1 aliphatic rings. The van der Waals surface area contributed by atoms with Crippen LogP contribution in [0, 0.1) is 0 Å². The van der Waals surface area contributed by atoms with Crippen molar-refractivity contribution < 1.29 is 14.3 Å². The van der Waals surface area contributed by atoms with Gasteiger partial charge in [-0.2, -0.15) is 0 Å². The number of anilines is 1. The zero-order chi connectivity index (χ0) is 15.6. The SMILES string of the molecule is O=C(CC1(O)CCCCC1)Nc1ccc2oc(=O)ccc2c1. The Balaban J connectivity index is 1.71. The normalized spacial score (nSPS) is 17.3. The zero-order valence-corrected chi connectivity index (χ0v) is 12.3. The van der Waals surface area contributed by atoms with Gasteiger partial charge in [-0.1, -0.05) is 19.3 Å². The molecule has 5 heteroatoms. The lowest BCUT2D eigenvalue weighted by Crippen LogP contribution is -2.35. The Hall–Kier alpha value is -2.14. The molecule has 1 fully saturated rings. The molecular weight excluding hydrogens is 282 g/mol. The molecule has 1 saturated carbocycles. The van der Waals surface area contributed by atoms with Crippen LogP contribution in [-0.2, 0) is 4.79 Å². The number of carbonyl (C=O) groups excluding carboxylic acids is 1. The second-order valence-electron chi connectivity index (χ2n) is 6.02. The molecule has 3 rings (SSSR count). The minimum atomic E-state index is -0.869. The number of carbonyl (C=O) groups is 1. The number of amides is 1. The van der Waals surface area contributed by atoms with E-state index in [1.165, 1.54) is 6.07 Å². The molecule has 0 saturated heterocycles. The number of hydrogen-bond donors (Lipinski definition) is 2. The van der Waals surface area contributed by atoms with Crippen molar-refractivity contribution >= 4 is 22.6 Å². The Kier molecular flexibility index (Phi) is 3.98. The van der Waals surface area contributed by atoms with E-state index in [4.69, 9.17) is 4.42 Å². The fourth-order valence-corrected chi connectivity index (χ4v) is 3.04. The first kappa shape index (κ1) is 14.8. The van der Waals surface area contributed by atoms with Crippen LogP contribution < -0.4 is 10.9 Å². The molecule has 1 amide bonds. The van der Waals surface area contributed by atoms with Crippen LogP contribution in [0.5, 0.6) is 0 Å². The van der Waals surface area contributed by atoms with E-state index in [0.29, 0.717) is 24.1 Å². The van der Waals surface area contributed by atoms with Crippen molar-refractivity contribution in [3.63, 3.8) is 0 Å². The summed E-state index contributed by atoms with van der Waals surface area (Å²) in [4.78, 5) is 23.3. The van der Waals surface area contributed by atoms with Crippen LogP contribution in [0.2, 0.25) is 0 Å². The number of hydrogen-bond acceptors (Lipinski definition) is 4. The average Bonchev–Trinajstić information content (AvgIpc) is 2.47. The van der Waals surface area contributed by atoms with E-state index in [1.807, 2.05) is 0 Å². The third-order valence-electron chi connectivity index (χ3n) is 4.18. The van der Waals surface area contributed by atoms with Gasteiger partial charge in [-0.05, 0) is 37.1 Å². The molecular formula is C17H19NO4. The second kappa shape index (κ2) is 5.93. The van der Waals surface area contributed by atoms with E-state index in [2.05, 4.69) is 5.32 Å². The van der Waals surface area contributed by atoms with Crippen molar-refractivity contribution in [3.05, 3.63) is 40.8 Å². The largest absolute Gasteiger partial charge is 0.423 e. The van der Waals surface area contributed by atoms with Gasteiger partial charge in [0.05, 0.1) is 12.0 Å². The van der Waals surface area contributed by atoms with E-state index in [1.54, 1.807) is 24.3 Å². The summed E-state index contributed by atoms with van der Waals surface area (Å²) in [6, 6.07) is 8.10. The minimum absolute atomic E-state index is 0.120. The van der Waals surface area contributed by atoms with Gasteiger partial charge in [-0.3, -0.25) is 4.79 Å². The summed E-state index contributed by atoms with van der Waals surface area (Å²) in [7, 11) is 0. The predicted molar refractivity (Wildman–Crippen MR) is 83.8 cm³/mol. The Morgan fingerprint density at radius 3 is 2.73 bits per heavy atom. The lowest BCUT2D eigenvalue weighted by molar-refractivity contribution is -0.122. The van der Waals surface area contributed by atoms with Crippen LogP contribution in [0.1, 0.15) is 38.5 Å². The molecule has 116 valence electrons. The lowest BCUT2D eigenvalue weighted by Gasteiger charge is -2.31. The maximum Gasteiger partial charge on any atom is 0.336 e. The fraction of sp³-hybridized carbons (Fsp3) is 0.412. The molecule has 0 spiro atoms. The zero-order valence-electron chi connectivity index (χ0n) is 12.3. The number of benzene rings is 1. The van der Waals surface area contributed by atoms with Gasteiger partial charge < -0.3 is 14.8 Å². The van der Waals surface area contributed by atoms with E-state index in [0.717, 1.165) is 24.6 Å². The summed E-state index contributed by atoms with van der Waals surface area (Å²) >= 11 is 0. The smallest absolute Gasteiger partial charge is 0.336 e. The average molecular weight is 301 g/mol. The van der Waals surface area contributed by atoms with Gasteiger partial charge in [-0.15, -0.1) is 0 Å². The summed E-state index contributed by atoms with van der Waals surface area (Å²) in [6.45, 7) is 0. The third-order valence-corrected chi connectivity index (χ3v) is 4.18. The second-order valence-corrected chi connectivity index (χ2v) is 6.02. The number of fused-ring (bicyclic) bond motifs is 1. The van der Waals surface area contributed by atoms with Gasteiger partial charge in [0, 0.05) is 17.1 Å². The first-order valence-corrected chi connectivity index (χ1v) is 7.60. The van der Waals surface area contributed by atoms with Crippen molar-refractivity contribution in [2.24, 2.45) is 0 Å². The molecule has 1 aromatic carbocycles. The van der Waals surface area contributed by atoms with Gasteiger partial charge >= 0.3 is 5.63 Å². The van der Waals surface area contributed by atoms with Crippen LogP contribution in [0.3, 0.4) is 0 Å². The quantitative estimate of drug-likeness (QED) is 0.854. The van der Waals surface area contributed by atoms with Crippen molar-refractivity contribution in [1.29, 1.82) is 0 Å². The van der Waals surface area contributed by atoms with Crippen LogP contribution in [0.25, 0.3) is 11.0 Å². The Bertz CT molecular complexity index is 744. The minimum Gasteiger partial charge on any atom is -0.423 e. The Morgan fingerprint density at radius 1 is 1.18 bits per heavy atom. The highest BCUT2D eigenvalue weighted by molar-refractivity contribution is 5.93. The molecule has 5 nitrogen and oxygen atoms in total. The summed E-state index contributed by atoms with van der Waals surface area (Å²) in [6.07, 6.45) is 4.55. The Labute approximate surface area is 127 Å². The standard InChI is InChI=1S/C17H19NO4/c19-15(11-17(21)8-2-1-3-9-17)18-13-5-6-14-12(10-13)4-7-16(20)22-14/h4-7,10,21H,1-3,8-9,11H2,(H,18,19). The molecule has 0 unspecified atom stereocenters. The van der Waals surface area contributed by atoms with Crippen molar-refractivity contribution in [2.45, 2.75) is 44.1 Å². The van der Waals surface area contributed by atoms with Crippen molar-refractivity contribution in [2.75, 3.05) is 5.32 Å².